The normalized spacial score (nSPS) is 10.7. The molecule has 0 unspecified atom stereocenters. The third kappa shape index (κ3) is 2.89. The fraction of sp³-hybridized carbons (Fsp3) is 0.385. The minimum absolute atomic E-state index is 0.0270. The van der Waals surface area contributed by atoms with Crippen molar-refractivity contribution in [1.82, 2.24) is 19.7 Å². The monoisotopic (exact) mass is 322 g/mol. The van der Waals surface area contributed by atoms with Crippen molar-refractivity contribution in [2.24, 2.45) is 0 Å². The number of Topliss-reactive ketones (excluding diaryl/α,β-unsaturated/α-hetero) is 1. The van der Waals surface area contributed by atoms with Crippen LogP contribution in [-0.2, 0) is 13.0 Å². The molecule has 0 radical (unpaired) electrons. The maximum Gasteiger partial charge on any atom is 0.187 e. The molecular weight excluding hydrogens is 308 g/mol. The van der Waals surface area contributed by atoms with Crippen LogP contribution in [0.15, 0.2) is 16.7 Å². The molecule has 5 nitrogen and oxygen atoms in total. The number of hydrogen-bond acceptors (Lipinski definition) is 4. The third-order valence-electron chi connectivity index (χ3n) is 2.84. The SMILES string of the molecule is CCn1nc(C)c(Br)c1CC(=O)c1ccnc(C)n1. The topological polar surface area (TPSA) is 60.7 Å². The number of rotatable bonds is 4. The second-order valence-electron chi connectivity index (χ2n) is 4.25. The first-order valence-electron chi connectivity index (χ1n) is 6.07. The van der Waals surface area contributed by atoms with Crippen LogP contribution in [0.3, 0.4) is 0 Å². The van der Waals surface area contributed by atoms with Gasteiger partial charge >= 0.3 is 0 Å². The first-order valence-corrected chi connectivity index (χ1v) is 6.86. The molecule has 0 aliphatic heterocycles. The summed E-state index contributed by atoms with van der Waals surface area (Å²) in [6.07, 6.45) is 1.89. The molecule has 0 amide bonds. The van der Waals surface area contributed by atoms with Crippen LogP contribution < -0.4 is 0 Å². The van der Waals surface area contributed by atoms with Crippen molar-refractivity contribution in [3.8, 4) is 0 Å². The maximum atomic E-state index is 12.2. The minimum Gasteiger partial charge on any atom is -0.292 e. The largest absolute Gasteiger partial charge is 0.292 e. The summed E-state index contributed by atoms with van der Waals surface area (Å²) in [6, 6.07) is 1.64. The third-order valence-corrected chi connectivity index (χ3v) is 3.87. The molecule has 0 fully saturated rings. The number of aromatic nitrogens is 4. The van der Waals surface area contributed by atoms with Crippen LogP contribution in [0, 0.1) is 13.8 Å². The summed E-state index contributed by atoms with van der Waals surface area (Å²) in [5, 5.41) is 4.38. The number of carbonyl (C=O) groups is 1. The number of nitrogens with zero attached hydrogens (tertiary/aromatic N) is 4. The van der Waals surface area contributed by atoms with Crippen molar-refractivity contribution in [2.75, 3.05) is 0 Å². The van der Waals surface area contributed by atoms with Gasteiger partial charge in [0, 0.05) is 12.7 Å². The average molecular weight is 323 g/mol. The molecule has 2 heterocycles. The molecule has 100 valence electrons. The van der Waals surface area contributed by atoms with Crippen LogP contribution in [0.25, 0.3) is 0 Å². The molecule has 2 rings (SSSR count). The zero-order valence-electron chi connectivity index (χ0n) is 11.1. The van der Waals surface area contributed by atoms with E-state index in [0.29, 0.717) is 11.5 Å². The van der Waals surface area contributed by atoms with Crippen LogP contribution in [0.2, 0.25) is 0 Å². The Kier molecular flexibility index (Phi) is 4.09. The predicted octanol–water partition coefficient (Wildman–Crippen LogP) is 2.50. The highest BCUT2D eigenvalue weighted by Crippen LogP contribution is 2.22. The van der Waals surface area contributed by atoms with Crippen LogP contribution in [-0.4, -0.2) is 25.5 Å². The van der Waals surface area contributed by atoms with Crippen LogP contribution >= 0.6 is 15.9 Å². The first-order chi connectivity index (χ1) is 9.02. The van der Waals surface area contributed by atoms with Crippen molar-refractivity contribution < 1.29 is 4.79 Å². The quantitative estimate of drug-likeness (QED) is 0.811. The Hall–Kier alpha value is -1.56. The lowest BCUT2D eigenvalue weighted by molar-refractivity contribution is 0.0985. The number of hydrogen-bond donors (Lipinski definition) is 0. The van der Waals surface area contributed by atoms with Gasteiger partial charge in [-0.15, -0.1) is 0 Å². The van der Waals surface area contributed by atoms with Crippen LogP contribution in [0.4, 0.5) is 0 Å². The Labute approximate surface area is 120 Å². The van der Waals surface area contributed by atoms with E-state index in [1.165, 1.54) is 0 Å². The first kappa shape index (κ1) is 13.9. The Bertz CT molecular complexity index is 621. The second-order valence-corrected chi connectivity index (χ2v) is 5.04. The molecule has 19 heavy (non-hydrogen) atoms. The summed E-state index contributed by atoms with van der Waals surface area (Å²) >= 11 is 3.49. The van der Waals surface area contributed by atoms with Crippen LogP contribution in [0.5, 0.6) is 0 Å². The van der Waals surface area contributed by atoms with E-state index in [1.54, 1.807) is 19.2 Å². The molecule has 2 aromatic heterocycles. The Morgan fingerprint density at radius 2 is 2.16 bits per heavy atom. The minimum atomic E-state index is -0.0270. The Balaban J connectivity index is 2.29. The fourth-order valence-electron chi connectivity index (χ4n) is 1.89. The van der Waals surface area contributed by atoms with E-state index in [0.717, 1.165) is 22.4 Å². The Morgan fingerprint density at radius 1 is 1.42 bits per heavy atom. The Morgan fingerprint density at radius 3 is 2.79 bits per heavy atom. The van der Waals surface area contributed by atoms with Gasteiger partial charge in [0.2, 0.25) is 0 Å². The van der Waals surface area contributed by atoms with Gasteiger partial charge < -0.3 is 0 Å². The van der Waals surface area contributed by atoms with E-state index in [9.17, 15) is 4.79 Å². The molecule has 0 aromatic carbocycles. The zero-order chi connectivity index (χ0) is 14.0. The van der Waals surface area contributed by atoms with Crippen molar-refractivity contribution in [1.29, 1.82) is 0 Å². The van der Waals surface area contributed by atoms with Gasteiger partial charge in [-0.1, -0.05) is 0 Å². The average Bonchev–Trinajstić information content (AvgIpc) is 2.66. The number of ketones is 1. The van der Waals surface area contributed by atoms with E-state index in [2.05, 4.69) is 31.0 Å². The highest BCUT2D eigenvalue weighted by atomic mass is 79.9. The lowest BCUT2D eigenvalue weighted by Crippen LogP contribution is -2.12. The van der Waals surface area contributed by atoms with Gasteiger partial charge in [-0.25, -0.2) is 9.97 Å². The molecule has 0 aliphatic rings. The lowest BCUT2D eigenvalue weighted by Gasteiger charge is -2.05. The van der Waals surface area contributed by atoms with Gasteiger partial charge in [-0.05, 0) is 42.8 Å². The van der Waals surface area contributed by atoms with Crippen LogP contribution in [0.1, 0.15) is 34.6 Å². The lowest BCUT2D eigenvalue weighted by atomic mass is 10.1. The molecule has 0 saturated heterocycles. The number of carbonyl (C=O) groups excluding carboxylic acids is 1. The van der Waals surface area contributed by atoms with Crippen molar-refractivity contribution in [3.63, 3.8) is 0 Å². The molecule has 0 spiro atoms. The van der Waals surface area contributed by atoms with E-state index in [4.69, 9.17) is 0 Å². The van der Waals surface area contributed by atoms with Crippen molar-refractivity contribution in [2.45, 2.75) is 33.7 Å². The standard InChI is InChI=1S/C13H15BrN4O/c1-4-18-11(13(14)8(2)17-18)7-12(19)10-5-6-15-9(3)16-10/h5-6H,4,7H2,1-3H3. The van der Waals surface area contributed by atoms with Gasteiger partial charge in [-0.2, -0.15) is 5.10 Å². The molecule has 0 N–H and O–H groups in total. The molecule has 0 aliphatic carbocycles. The van der Waals surface area contributed by atoms with E-state index in [1.807, 2.05) is 18.5 Å². The highest BCUT2D eigenvalue weighted by molar-refractivity contribution is 9.10. The summed E-state index contributed by atoms with van der Waals surface area (Å²) in [7, 11) is 0. The summed E-state index contributed by atoms with van der Waals surface area (Å²) in [5.74, 6) is 0.575. The molecule has 0 atom stereocenters. The van der Waals surface area contributed by atoms with Gasteiger partial charge in [0.15, 0.2) is 5.78 Å². The van der Waals surface area contributed by atoms with Gasteiger partial charge in [0.25, 0.3) is 0 Å². The van der Waals surface area contributed by atoms with E-state index >= 15 is 0 Å². The fourth-order valence-corrected chi connectivity index (χ4v) is 2.32. The molecule has 6 heteroatoms. The highest BCUT2D eigenvalue weighted by Gasteiger charge is 2.17. The van der Waals surface area contributed by atoms with Gasteiger partial charge in [0.1, 0.15) is 11.5 Å². The maximum absolute atomic E-state index is 12.2. The second kappa shape index (κ2) is 5.61. The summed E-state index contributed by atoms with van der Waals surface area (Å²) in [6.45, 7) is 6.42. The summed E-state index contributed by atoms with van der Waals surface area (Å²) in [5.41, 5.74) is 2.23. The van der Waals surface area contributed by atoms with Gasteiger partial charge in [-0.3, -0.25) is 9.48 Å². The predicted molar refractivity (Wildman–Crippen MR) is 75.1 cm³/mol. The molecular formula is C13H15BrN4O. The number of halogens is 1. The van der Waals surface area contributed by atoms with Gasteiger partial charge in [0.05, 0.1) is 22.3 Å². The molecule has 0 bridgehead atoms. The number of aryl methyl sites for hydroxylation is 3. The molecule has 0 saturated carbocycles. The smallest absolute Gasteiger partial charge is 0.187 e. The summed E-state index contributed by atoms with van der Waals surface area (Å²) < 4.78 is 2.74. The summed E-state index contributed by atoms with van der Waals surface area (Å²) in [4.78, 5) is 20.4. The van der Waals surface area contributed by atoms with E-state index in [-0.39, 0.29) is 12.2 Å². The van der Waals surface area contributed by atoms with Crippen molar-refractivity contribution in [3.05, 3.63) is 39.6 Å². The van der Waals surface area contributed by atoms with E-state index < -0.39 is 0 Å². The molecule has 2 aromatic rings. The zero-order valence-corrected chi connectivity index (χ0v) is 12.7. The van der Waals surface area contributed by atoms with Crippen molar-refractivity contribution >= 4 is 21.7 Å².